The average molecular weight is 254 g/mol. The van der Waals surface area contributed by atoms with Crippen LogP contribution in [0.5, 0.6) is 0 Å². The second-order valence-electron chi connectivity index (χ2n) is 5.85. The second kappa shape index (κ2) is 5.42. The Labute approximate surface area is 108 Å². The average Bonchev–Trinajstić information content (AvgIpc) is 2.23. The van der Waals surface area contributed by atoms with Crippen LogP contribution in [0.2, 0.25) is 0 Å². The van der Waals surface area contributed by atoms with Gasteiger partial charge >= 0.3 is 12.0 Å². The Morgan fingerprint density at radius 3 is 2.50 bits per heavy atom. The van der Waals surface area contributed by atoms with Crippen molar-refractivity contribution in [2.24, 2.45) is 5.41 Å². The van der Waals surface area contributed by atoms with Crippen molar-refractivity contribution in [3.05, 3.63) is 11.6 Å². The summed E-state index contributed by atoms with van der Waals surface area (Å²) in [5.41, 5.74) is 0.626. The summed E-state index contributed by atoms with van der Waals surface area (Å²) in [6, 6.07) is -1.18. The lowest BCUT2D eigenvalue weighted by atomic mass is 9.87. The van der Waals surface area contributed by atoms with Crippen LogP contribution in [0.3, 0.4) is 0 Å². The number of nitrogens with zero attached hydrogens (tertiary/aromatic N) is 1. The predicted octanol–water partition coefficient (Wildman–Crippen LogP) is 1.85. The highest BCUT2D eigenvalue weighted by molar-refractivity contribution is 5.83. The zero-order valence-corrected chi connectivity index (χ0v) is 11.5. The normalized spacial score (nSPS) is 18.0. The van der Waals surface area contributed by atoms with Crippen LogP contribution in [0.25, 0.3) is 0 Å². The summed E-state index contributed by atoms with van der Waals surface area (Å²) in [5.74, 6) is -1.000. The molecular formula is C13H22N2O3. The smallest absolute Gasteiger partial charge is 0.326 e. The van der Waals surface area contributed by atoms with E-state index in [1.165, 1.54) is 0 Å². The van der Waals surface area contributed by atoms with Gasteiger partial charge in [0.2, 0.25) is 0 Å². The molecule has 0 radical (unpaired) electrons. The molecular weight excluding hydrogens is 232 g/mol. The molecule has 5 nitrogen and oxygen atoms in total. The van der Waals surface area contributed by atoms with Gasteiger partial charge in [-0.1, -0.05) is 32.4 Å². The zero-order chi connectivity index (χ0) is 13.9. The minimum Gasteiger partial charge on any atom is -0.480 e. The van der Waals surface area contributed by atoms with Gasteiger partial charge in [0.15, 0.2) is 0 Å². The van der Waals surface area contributed by atoms with E-state index in [0.717, 1.165) is 12.0 Å². The molecule has 0 aromatic carbocycles. The number of amides is 2. The lowest BCUT2D eigenvalue weighted by Gasteiger charge is -2.32. The molecule has 0 unspecified atom stereocenters. The number of urea groups is 1. The molecule has 0 aromatic rings. The summed E-state index contributed by atoms with van der Waals surface area (Å²) in [6.45, 7) is 8.58. The minimum atomic E-state index is -1.000. The van der Waals surface area contributed by atoms with Crippen molar-refractivity contribution >= 4 is 12.0 Å². The van der Waals surface area contributed by atoms with Crippen LogP contribution in [-0.4, -0.2) is 41.1 Å². The maximum Gasteiger partial charge on any atom is 0.326 e. The summed E-state index contributed by atoms with van der Waals surface area (Å²) in [5, 5.41) is 11.8. The van der Waals surface area contributed by atoms with E-state index in [9.17, 15) is 9.59 Å². The largest absolute Gasteiger partial charge is 0.480 e. The number of carbonyl (C=O) groups excluding carboxylic acids is 1. The number of nitrogens with one attached hydrogen (secondary N) is 1. The molecule has 1 aliphatic rings. The number of aliphatic carboxylic acids is 1. The first-order chi connectivity index (χ1) is 8.21. The maximum atomic E-state index is 12.0. The van der Waals surface area contributed by atoms with E-state index in [0.29, 0.717) is 13.1 Å². The molecule has 0 spiro atoms. The van der Waals surface area contributed by atoms with Crippen LogP contribution in [0.15, 0.2) is 11.6 Å². The van der Waals surface area contributed by atoms with Crippen LogP contribution < -0.4 is 5.32 Å². The molecule has 5 heteroatoms. The lowest BCUT2D eigenvalue weighted by Crippen LogP contribution is -2.54. The molecule has 0 aliphatic carbocycles. The third-order valence-corrected chi connectivity index (χ3v) is 3.00. The van der Waals surface area contributed by atoms with E-state index in [4.69, 9.17) is 5.11 Å². The summed E-state index contributed by atoms with van der Waals surface area (Å²) in [6.07, 6.45) is 2.93. The summed E-state index contributed by atoms with van der Waals surface area (Å²) < 4.78 is 0. The molecule has 0 bridgehead atoms. The highest BCUT2D eigenvalue weighted by atomic mass is 16.4. The van der Waals surface area contributed by atoms with Gasteiger partial charge < -0.3 is 15.3 Å². The molecule has 0 saturated heterocycles. The summed E-state index contributed by atoms with van der Waals surface area (Å²) in [7, 11) is 0. The first-order valence-electron chi connectivity index (χ1n) is 6.15. The van der Waals surface area contributed by atoms with Crippen LogP contribution in [0.1, 0.15) is 34.1 Å². The van der Waals surface area contributed by atoms with Crippen molar-refractivity contribution in [2.45, 2.75) is 40.2 Å². The number of hydrogen-bond donors (Lipinski definition) is 2. The van der Waals surface area contributed by atoms with Crippen LogP contribution in [0.4, 0.5) is 4.79 Å². The number of carbonyl (C=O) groups is 2. The van der Waals surface area contributed by atoms with Crippen LogP contribution >= 0.6 is 0 Å². The molecule has 2 N–H and O–H groups in total. The Morgan fingerprint density at radius 1 is 1.44 bits per heavy atom. The van der Waals surface area contributed by atoms with Crippen molar-refractivity contribution in [1.82, 2.24) is 10.2 Å². The molecule has 0 aromatic heterocycles. The minimum absolute atomic E-state index is 0.301. The summed E-state index contributed by atoms with van der Waals surface area (Å²) >= 11 is 0. The molecule has 1 rings (SSSR count). The van der Waals surface area contributed by atoms with Gasteiger partial charge in [0.05, 0.1) is 0 Å². The second-order valence-corrected chi connectivity index (χ2v) is 5.85. The van der Waals surface area contributed by atoms with E-state index < -0.39 is 17.4 Å². The molecule has 1 heterocycles. The van der Waals surface area contributed by atoms with Crippen molar-refractivity contribution in [2.75, 3.05) is 13.1 Å². The topological polar surface area (TPSA) is 69.6 Å². The molecule has 102 valence electrons. The van der Waals surface area contributed by atoms with Gasteiger partial charge in [-0.15, -0.1) is 0 Å². The van der Waals surface area contributed by atoms with Crippen molar-refractivity contribution < 1.29 is 14.7 Å². The molecule has 0 saturated carbocycles. The van der Waals surface area contributed by atoms with Gasteiger partial charge in [-0.25, -0.2) is 9.59 Å². The van der Waals surface area contributed by atoms with Gasteiger partial charge in [-0.2, -0.15) is 0 Å². The number of carboxylic acids is 1. The first-order valence-corrected chi connectivity index (χ1v) is 6.15. The predicted molar refractivity (Wildman–Crippen MR) is 69.4 cm³/mol. The third kappa shape index (κ3) is 3.75. The molecule has 0 fully saturated rings. The fraction of sp³-hybridized carbons (Fsp3) is 0.692. The number of rotatable bonds is 2. The fourth-order valence-corrected chi connectivity index (χ4v) is 1.95. The fourth-order valence-electron chi connectivity index (χ4n) is 1.95. The molecule has 1 atom stereocenters. The van der Waals surface area contributed by atoms with Crippen molar-refractivity contribution in [1.29, 1.82) is 0 Å². The molecule has 1 aliphatic heterocycles. The number of carboxylic acid groups (broad SMARTS) is 1. The van der Waals surface area contributed by atoms with E-state index in [2.05, 4.69) is 11.4 Å². The van der Waals surface area contributed by atoms with E-state index in [1.807, 2.05) is 6.92 Å². The van der Waals surface area contributed by atoms with Gasteiger partial charge in [-0.3, -0.25) is 0 Å². The highest BCUT2D eigenvalue weighted by Gasteiger charge is 2.33. The quantitative estimate of drug-likeness (QED) is 0.739. The Hall–Kier alpha value is -1.52. The number of hydrogen-bond acceptors (Lipinski definition) is 2. The Kier molecular flexibility index (Phi) is 4.38. The van der Waals surface area contributed by atoms with E-state index in [-0.39, 0.29) is 6.03 Å². The Morgan fingerprint density at radius 2 is 2.06 bits per heavy atom. The SMILES string of the molecule is CC1=CCCN(C(=O)N[C@@H](C(=O)O)C(C)(C)C)C1. The standard InChI is InChI=1S/C13H22N2O3/c1-9-6-5-7-15(8-9)12(18)14-10(11(16)17)13(2,3)4/h6,10H,5,7-8H2,1-4H3,(H,14,18)(H,16,17)/t10-/m0/s1. The summed E-state index contributed by atoms with van der Waals surface area (Å²) in [4.78, 5) is 24.9. The first kappa shape index (κ1) is 14.5. The van der Waals surface area contributed by atoms with Gasteiger partial charge in [-0.05, 0) is 18.8 Å². The van der Waals surface area contributed by atoms with Crippen LogP contribution in [-0.2, 0) is 4.79 Å². The van der Waals surface area contributed by atoms with E-state index in [1.54, 1.807) is 25.7 Å². The maximum absolute atomic E-state index is 12.0. The van der Waals surface area contributed by atoms with E-state index >= 15 is 0 Å². The molecule has 18 heavy (non-hydrogen) atoms. The van der Waals surface area contributed by atoms with Gasteiger partial charge in [0.25, 0.3) is 0 Å². The Balaban J connectivity index is 2.68. The van der Waals surface area contributed by atoms with Gasteiger partial charge in [0.1, 0.15) is 6.04 Å². The van der Waals surface area contributed by atoms with Crippen LogP contribution in [0, 0.1) is 5.41 Å². The monoisotopic (exact) mass is 254 g/mol. The van der Waals surface area contributed by atoms with Crippen molar-refractivity contribution in [3.63, 3.8) is 0 Å². The Bertz CT molecular complexity index is 369. The highest BCUT2D eigenvalue weighted by Crippen LogP contribution is 2.20. The lowest BCUT2D eigenvalue weighted by molar-refractivity contribution is -0.142. The molecule has 2 amide bonds. The van der Waals surface area contributed by atoms with Crippen molar-refractivity contribution in [3.8, 4) is 0 Å². The zero-order valence-electron chi connectivity index (χ0n) is 11.5. The third-order valence-electron chi connectivity index (χ3n) is 3.00. The van der Waals surface area contributed by atoms with Gasteiger partial charge in [0, 0.05) is 13.1 Å².